The van der Waals surface area contributed by atoms with Gasteiger partial charge in [-0.15, -0.1) is 0 Å². The second-order valence-corrected chi connectivity index (χ2v) is 7.74. The number of hydrogen-bond donors (Lipinski definition) is 1. The molecule has 0 aliphatic rings. The van der Waals surface area contributed by atoms with E-state index in [2.05, 4.69) is 41.6 Å². The third-order valence-corrected chi connectivity index (χ3v) is 4.97. The molecule has 0 atom stereocenters. The molecule has 0 bridgehead atoms. The van der Waals surface area contributed by atoms with Crippen molar-refractivity contribution in [1.82, 2.24) is 9.78 Å². The van der Waals surface area contributed by atoms with Gasteiger partial charge >= 0.3 is 0 Å². The van der Waals surface area contributed by atoms with Crippen LogP contribution < -0.4 is 10.1 Å². The maximum Gasteiger partial charge on any atom is 0.292 e. The minimum Gasteiger partial charge on any atom is -0.485 e. The van der Waals surface area contributed by atoms with Crippen molar-refractivity contribution in [2.45, 2.75) is 27.0 Å². The molecule has 31 heavy (non-hydrogen) atoms. The summed E-state index contributed by atoms with van der Waals surface area (Å²) in [7, 11) is 0. The van der Waals surface area contributed by atoms with Crippen LogP contribution in [0.1, 0.15) is 33.0 Å². The van der Waals surface area contributed by atoms with E-state index in [1.807, 2.05) is 19.2 Å². The number of nitrogens with zero attached hydrogens (tertiary/aromatic N) is 2. The summed E-state index contributed by atoms with van der Waals surface area (Å²) in [6, 6.07) is 18.7. The van der Waals surface area contributed by atoms with E-state index in [9.17, 15) is 4.79 Å². The Kier molecular flexibility index (Phi) is 6.09. The van der Waals surface area contributed by atoms with Gasteiger partial charge in [0.15, 0.2) is 11.6 Å². The van der Waals surface area contributed by atoms with Crippen molar-refractivity contribution in [2.24, 2.45) is 0 Å². The Hall–Kier alpha value is -3.51. The number of carbonyl (C=O) groups excluding carboxylic acids is 1. The molecular formula is C24H22ClN3O3. The molecular weight excluding hydrogens is 414 g/mol. The molecule has 0 radical (unpaired) electrons. The zero-order chi connectivity index (χ0) is 21.8. The van der Waals surface area contributed by atoms with Crippen LogP contribution in [-0.4, -0.2) is 15.7 Å². The van der Waals surface area contributed by atoms with Crippen molar-refractivity contribution in [2.75, 3.05) is 5.32 Å². The molecule has 0 aliphatic heterocycles. The highest BCUT2D eigenvalue weighted by Crippen LogP contribution is 2.23. The van der Waals surface area contributed by atoms with Crippen LogP contribution in [0, 0.1) is 13.8 Å². The number of nitrogens with one attached hydrogen (secondary N) is 1. The van der Waals surface area contributed by atoms with Crippen LogP contribution in [-0.2, 0) is 13.2 Å². The maximum absolute atomic E-state index is 12.5. The molecule has 0 saturated heterocycles. The smallest absolute Gasteiger partial charge is 0.292 e. The highest BCUT2D eigenvalue weighted by atomic mass is 35.5. The third-order valence-electron chi connectivity index (χ3n) is 4.74. The fraction of sp³-hybridized carbons (Fsp3) is 0.167. The Morgan fingerprint density at radius 2 is 1.90 bits per heavy atom. The molecule has 0 fully saturated rings. The van der Waals surface area contributed by atoms with Crippen LogP contribution in [0.4, 0.5) is 5.82 Å². The zero-order valence-corrected chi connectivity index (χ0v) is 18.0. The summed E-state index contributed by atoms with van der Waals surface area (Å²) in [5.41, 5.74) is 3.28. The van der Waals surface area contributed by atoms with Crippen LogP contribution in [0.3, 0.4) is 0 Å². The monoisotopic (exact) mass is 435 g/mol. The molecule has 4 aromatic rings. The van der Waals surface area contributed by atoms with Crippen LogP contribution >= 0.6 is 11.6 Å². The minimum atomic E-state index is -0.366. The largest absolute Gasteiger partial charge is 0.485 e. The van der Waals surface area contributed by atoms with Gasteiger partial charge in [0, 0.05) is 17.3 Å². The fourth-order valence-corrected chi connectivity index (χ4v) is 3.30. The van der Waals surface area contributed by atoms with Gasteiger partial charge in [-0.2, -0.15) is 5.10 Å². The number of furan rings is 1. The van der Waals surface area contributed by atoms with Crippen molar-refractivity contribution in [1.29, 1.82) is 0 Å². The minimum absolute atomic E-state index is 0.194. The predicted molar refractivity (Wildman–Crippen MR) is 120 cm³/mol. The molecule has 7 heteroatoms. The van der Waals surface area contributed by atoms with E-state index < -0.39 is 0 Å². The molecule has 158 valence electrons. The highest BCUT2D eigenvalue weighted by molar-refractivity contribution is 6.30. The van der Waals surface area contributed by atoms with Crippen LogP contribution in [0.15, 0.2) is 71.3 Å². The standard InChI is InChI=1S/C24H22ClN3O3/c1-16-3-5-18(6-4-16)14-28-12-11-23(27-28)26-24(29)22-10-8-20(31-22)15-30-21-9-7-19(25)13-17(21)2/h3-13H,14-15H2,1-2H3,(H,26,27,29). The maximum atomic E-state index is 12.5. The van der Waals surface area contributed by atoms with Gasteiger partial charge in [0.25, 0.3) is 5.91 Å². The molecule has 1 N–H and O–H groups in total. The number of benzene rings is 2. The first-order valence-electron chi connectivity index (χ1n) is 9.84. The van der Waals surface area contributed by atoms with Crippen LogP contribution in [0.25, 0.3) is 0 Å². The lowest BCUT2D eigenvalue weighted by molar-refractivity contribution is 0.0992. The number of amides is 1. The molecule has 0 aliphatic carbocycles. The van der Waals surface area contributed by atoms with Crippen molar-refractivity contribution in [3.05, 3.63) is 100 Å². The van der Waals surface area contributed by atoms with E-state index in [-0.39, 0.29) is 18.3 Å². The SMILES string of the molecule is Cc1ccc(Cn2ccc(NC(=O)c3ccc(COc4ccc(Cl)cc4C)o3)n2)cc1. The fourth-order valence-electron chi connectivity index (χ4n) is 3.08. The average Bonchev–Trinajstić information content (AvgIpc) is 3.39. The Labute approximate surface area is 185 Å². The van der Waals surface area contributed by atoms with Gasteiger partial charge in [0.1, 0.15) is 18.1 Å². The summed E-state index contributed by atoms with van der Waals surface area (Å²) in [5.74, 6) is 1.55. The quantitative estimate of drug-likeness (QED) is 0.408. The van der Waals surface area contributed by atoms with E-state index in [0.717, 1.165) is 11.1 Å². The first kappa shape index (κ1) is 20.8. The third kappa shape index (κ3) is 5.35. The summed E-state index contributed by atoms with van der Waals surface area (Å²) in [6.07, 6.45) is 1.82. The van der Waals surface area contributed by atoms with Gasteiger partial charge in [-0.25, -0.2) is 0 Å². The Bertz CT molecular complexity index is 1200. The Morgan fingerprint density at radius 3 is 2.68 bits per heavy atom. The summed E-state index contributed by atoms with van der Waals surface area (Å²) >= 11 is 5.96. The first-order valence-corrected chi connectivity index (χ1v) is 10.2. The van der Waals surface area contributed by atoms with Crippen molar-refractivity contribution < 1.29 is 13.9 Å². The number of hydrogen-bond acceptors (Lipinski definition) is 4. The van der Waals surface area contributed by atoms with E-state index >= 15 is 0 Å². The zero-order valence-electron chi connectivity index (χ0n) is 17.3. The van der Waals surface area contributed by atoms with Crippen molar-refractivity contribution in [3.63, 3.8) is 0 Å². The second-order valence-electron chi connectivity index (χ2n) is 7.30. The van der Waals surface area contributed by atoms with Gasteiger partial charge in [0.2, 0.25) is 0 Å². The van der Waals surface area contributed by atoms with E-state index in [0.29, 0.717) is 28.9 Å². The molecule has 0 spiro atoms. The van der Waals surface area contributed by atoms with Crippen LogP contribution in [0.2, 0.25) is 5.02 Å². The molecule has 2 heterocycles. The molecule has 4 rings (SSSR count). The van der Waals surface area contributed by atoms with E-state index in [1.54, 1.807) is 35.0 Å². The summed E-state index contributed by atoms with van der Waals surface area (Å²) < 4.78 is 13.1. The topological polar surface area (TPSA) is 69.3 Å². The second kappa shape index (κ2) is 9.10. The predicted octanol–water partition coefficient (Wildman–Crippen LogP) is 5.63. The normalized spacial score (nSPS) is 10.8. The lowest BCUT2D eigenvalue weighted by atomic mass is 10.1. The number of rotatable bonds is 7. The summed E-state index contributed by atoms with van der Waals surface area (Å²) in [4.78, 5) is 12.5. The molecule has 0 saturated carbocycles. The Morgan fingerprint density at radius 1 is 1.10 bits per heavy atom. The van der Waals surface area contributed by atoms with Crippen LogP contribution in [0.5, 0.6) is 5.75 Å². The van der Waals surface area contributed by atoms with Gasteiger partial charge < -0.3 is 14.5 Å². The number of aromatic nitrogens is 2. The summed E-state index contributed by atoms with van der Waals surface area (Å²) in [6.45, 7) is 4.81. The molecule has 2 aromatic heterocycles. The van der Waals surface area contributed by atoms with Crippen molar-refractivity contribution >= 4 is 23.3 Å². The van der Waals surface area contributed by atoms with Gasteiger partial charge in [-0.05, 0) is 55.3 Å². The molecule has 6 nitrogen and oxygen atoms in total. The number of aryl methyl sites for hydroxylation is 2. The van der Waals surface area contributed by atoms with Crippen molar-refractivity contribution in [3.8, 4) is 5.75 Å². The molecule has 2 aromatic carbocycles. The van der Waals surface area contributed by atoms with Gasteiger partial charge in [-0.1, -0.05) is 41.4 Å². The molecule has 1 amide bonds. The highest BCUT2D eigenvalue weighted by Gasteiger charge is 2.14. The van der Waals surface area contributed by atoms with E-state index in [1.165, 1.54) is 5.56 Å². The van der Waals surface area contributed by atoms with E-state index in [4.69, 9.17) is 20.8 Å². The number of carbonyl (C=O) groups is 1. The summed E-state index contributed by atoms with van der Waals surface area (Å²) in [5, 5.41) is 7.81. The van der Waals surface area contributed by atoms with Gasteiger partial charge in [-0.3, -0.25) is 9.48 Å². The first-order chi connectivity index (χ1) is 15.0. The number of ether oxygens (including phenoxy) is 1. The Balaban J connectivity index is 1.33. The lowest BCUT2D eigenvalue weighted by Crippen LogP contribution is -2.12. The lowest BCUT2D eigenvalue weighted by Gasteiger charge is -2.07. The molecule has 0 unspecified atom stereocenters. The number of halogens is 1. The average molecular weight is 436 g/mol. The van der Waals surface area contributed by atoms with Gasteiger partial charge in [0.05, 0.1) is 6.54 Å². The number of anilines is 1.